The van der Waals surface area contributed by atoms with Gasteiger partial charge in [0, 0.05) is 0 Å². The van der Waals surface area contributed by atoms with Crippen LogP contribution in [0.1, 0.15) is 73.6 Å². The first-order valence-electron chi connectivity index (χ1n) is 11.9. The molecule has 25 heavy (non-hydrogen) atoms. The van der Waals surface area contributed by atoms with Gasteiger partial charge in [0.1, 0.15) is 0 Å². The monoisotopic (exact) mass is 342 g/mol. The Balaban J connectivity index is 1.63. The fourth-order valence-corrected chi connectivity index (χ4v) is 10.4. The van der Waals surface area contributed by atoms with E-state index in [1.807, 2.05) is 0 Å². The van der Waals surface area contributed by atoms with Crippen molar-refractivity contribution in [2.75, 3.05) is 0 Å². The largest absolute Gasteiger partial charge is 0.0622 e. The van der Waals surface area contributed by atoms with Gasteiger partial charge in [-0.3, -0.25) is 0 Å². The molecule has 142 valence electrons. The van der Waals surface area contributed by atoms with E-state index in [-0.39, 0.29) is 0 Å². The highest BCUT2D eigenvalue weighted by Crippen LogP contribution is 2.70. The van der Waals surface area contributed by atoms with E-state index in [4.69, 9.17) is 0 Å². The molecule has 0 heteroatoms. The highest BCUT2D eigenvalue weighted by Gasteiger charge is 2.64. The van der Waals surface area contributed by atoms with Gasteiger partial charge in [0.25, 0.3) is 0 Å². The number of rotatable bonds is 0. The number of hydrogen-bond donors (Lipinski definition) is 0. The predicted molar refractivity (Wildman–Crippen MR) is 106 cm³/mol. The van der Waals surface area contributed by atoms with Crippen LogP contribution in [0, 0.1) is 82.9 Å². The zero-order chi connectivity index (χ0) is 17.6. The molecule has 0 N–H and O–H groups in total. The fourth-order valence-electron chi connectivity index (χ4n) is 10.4. The summed E-state index contributed by atoms with van der Waals surface area (Å²) in [7, 11) is 0. The van der Waals surface area contributed by atoms with Crippen molar-refractivity contribution in [3.05, 3.63) is 0 Å². The first kappa shape index (κ1) is 17.1. The summed E-state index contributed by atoms with van der Waals surface area (Å²) >= 11 is 0. The quantitative estimate of drug-likeness (QED) is 0.456. The molecule has 0 heterocycles. The van der Waals surface area contributed by atoms with Crippen LogP contribution in [-0.2, 0) is 0 Å². The molecule has 5 aliphatic carbocycles. The molecule has 0 aromatic rings. The molecule has 14 unspecified atom stereocenters. The fraction of sp³-hybridized carbons (Fsp3) is 1.00. The molecular weight excluding hydrogens is 300 g/mol. The molecule has 5 aliphatic rings. The minimum Gasteiger partial charge on any atom is -0.0622 e. The molecule has 14 atom stereocenters. The number of hydrogen-bond acceptors (Lipinski definition) is 0. The summed E-state index contributed by atoms with van der Waals surface area (Å²) < 4.78 is 0. The minimum atomic E-state index is 0.933. The Morgan fingerprint density at radius 1 is 0.400 bits per heavy atom. The maximum atomic E-state index is 2.71. The van der Waals surface area contributed by atoms with E-state index in [9.17, 15) is 0 Å². The summed E-state index contributed by atoms with van der Waals surface area (Å²) in [6, 6.07) is 0. The Hall–Kier alpha value is 0. The first-order chi connectivity index (χ1) is 11.9. The molecule has 0 aromatic carbocycles. The van der Waals surface area contributed by atoms with E-state index >= 15 is 0 Å². The van der Waals surface area contributed by atoms with Crippen LogP contribution < -0.4 is 0 Å². The van der Waals surface area contributed by atoms with Crippen molar-refractivity contribution in [1.29, 1.82) is 0 Å². The second-order valence-electron chi connectivity index (χ2n) is 11.8. The normalized spacial score (nSPS) is 66.0. The van der Waals surface area contributed by atoms with Crippen molar-refractivity contribution in [2.45, 2.75) is 73.6 Å². The molecule has 0 amide bonds. The molecule has 5 rings (SSSR count). The van der Waals surface area contributed by atoms with Crippen LogP contribution in [0.25, 0.3) is 0 Å². The molecule has 5 fully saturated rings. The Morgan fingerprint density at radius 2 is 0.960 bits per heavy atom. The lowest BCUT2D eigenvalue weighted by molar-refractivity contribution is -0.218. The van der Waals surface area contributed by atoms with Gasteiger partial charge < -0.3 is 0 Å². The van der Waals surface area contributed by atoms with E-state index in [0.717, 1.165) is 82.9 Å². The lowest BCUT2D eigenvalue weighted by Gasteiger charge is -2.70. The smallest absolute Gasteiger partial charge is 0.0313 e. The van der Waals surface area contributed by atoms with Gasteiger partial charge in [-0.25, -0.2) is 0 Å². The molecule has 0 saturated heterocycles. The van der Waals surface area contributed by atoms with Gasteiger partial charge in [-0.15, -0.1) is 0 Å². The van der Waals surface area contributed by atoms with Gasteiger partial charge in [-0.2, -0.15) is 0 Å². The summed E-state index contributed by atoms with van der Waals surface area (Å²) in [5, 5.41) is 0. The lowest BCUT2D eigenvalue weighted by Crippen LogP contribution is -2.64. The van der Waals surface area contributed by atoms with Crippen molar-refractivity contribution < 1.29 is 0 Å². The van der Waals surface area contributed by atoms with Crippen molar-refractivity contribution in [3.8, 4) is 0 Å². The van der Waals surface area contributed by atoms with Crippen LogP contribution in [0.5, 0.6) is 0 Å². The van der Waals surface area contributed by atoms with Crippen molar-refractivity contribution in [2.24, 2.45) is 82.9 Å². The van der Waals surface area contributed by atoms with Gasteiger partial charge in [-0.05, 0) is 109 Å². The van der Waals surface area contributed by atoms with E-state index in [1.54, 1.807) is 25.7 Å². The van der Waals surface area contributed by atoms with E-state index in [0.29, 0.717) is 0 Å². The van der Waals surface area contributed by atoms with Crippen LogP contribution in [0.3, 0.4) is 0 Å². The Kier molecular flexibility index (Phi) is 3.94. The maximum Gasteiger partial charge on any atom is -0.0313 e. The third kappa shape index (κ3) is 2.12. The van der Waals surface area contributed by atoms with Gasteiger partial charge in [-0.1, -0.05) is 48.0 Å². The summed E-state index contributed by atoms with van der Waals surface area (Å²) in [5.74, 6) is 14.4. The average Bonchev–Trinajstić information content (AvgIpc) is 2.58. The summed E-state index contributed by atoms with van der Waals surface area (Å²) in [6.45, 7) is 15.9. The zero-order valence-electron chi connectivity index (χ0n) is 17.6. The maximum absolute atomic E-state index is 2.71. The summed E-state index contributed by atoms with van der Waals surface area (Å²) in [6.07, 6.45) is 7.84. The molecular formula is C25H42. The van der Waals surface area contributed by atoms with Gasteiger partial charge >= 0.3 is 0 Å². The SMILES string of the molecule is CC1CCC2CCC3CC(C)C4C(C)C(C)C(C)C5C(C)C1C2C3C45. The topological polar surface area (TPSA) is 0 Å². The predicted octanol–water partition coefficient (Wildman–Crippen LogP) is 6.75. The van der Waals surface area contributed by atoms with E-state index in [1.165, 1.54) is 6.42 Å². The van der Waals surface area contributed by atoms with Crippen LogP contribution >= 0.6 is 0 Å². The molecule has 0 aliphatic heterocycles. The highest BCUT2D eigenvalue weighted by molar-refractivity contribution is 5.12. The second-order valence-corrected chi connectivity index (χ2v) is 11.8. The summed E-state index contributed by atoms with van der Waals surface area (Å²) in [4.78, 5) is 0. The van der Waals surface area contributed by atoms with E-state index in [2.05, 4.69) is 41.5 Å². The standard InChI is InChI=1S/C25H42/c1-12-7-8-18-9-10-19-11-13(2)21-15(4)14(3)16(5)22-17(6)20(12)23(18)24(19)25(21)22/h12-25H,7-11H2,1-6H3. The van der Waals surface area contributed by atoms with Crippen molar-refractivity contribution in [1.82, 2.24) is 0 Å². The Morgan fingerprint density at radius 3 is 1.72 bits per heavy atom. The van der Waals surface area contributed by atoms with Gasteiger partial charge in [0.05, 0.1) is 0 Å². The molecule has 0 radical (unpaired) electrons. The minimum absolute atomic E-state index is 0.933. The molecule has 0 spiro atoms. The van der Waals surface area contributed by atoms with Crippen LogP contribution in [0.2, 0.25) is 0 Å². The van der Waals surface area contributed by atoms with Crippen LogP contribution in [-0.4, -0.2) is 0 Å². The molecule has 5 saturated carbocycles. The third-order valence-corrected chi connectivity index (χ3v) is 11.3. The van der Waals surface area contributed by atoms with Crippen LogP contribution in [0.15, 0.2) is 0 Å². The van der Waals surface area contributed by atoms with Crippen molar-refractivity contribution >= 4 is 0 Å². The average molecular weight is 343 g/mol. The zero-order valence-corrected chi connectivity index (χ0v) is 17.6. The third-order valence-electron chi connectivity index (χ3n) is 11.3. The van der Waals surface area contributed by atoms with Crippen molar-refractivity contribution in [3.63, 3.8) is 0 Å². The molecule has 0 nitrogen and oxygen atoms in total. The molecule has 0 aromatic heterocycles. The lowest BCUT2D eigenvalue weighted by atomic mass is 9.35. The van der Waals surface area contributed by atoms with Crippen LogP contribution in [0.4, 0.5) is 0 Å². The Labute approximate surface area is 156 Å². The van der Waals surface area contributed by atoms with Gasteiger partial charge in [0.15, 0.2) is 0 Å². The second kappa shape index (κ2) is 5.75. The Bertz CT molecular complexity index is 522. The molecule has 0 bridgehead atoms. The first-order valence-corrected chi connectivity index (χ1v) is 11.9. The summed E-state index contributed by atoms with van der Waals surface area (Å²) in [5.41, 5.74) is 0. The van der Waals surface area contributed by atoms with E-state index < -0.39 is 0 Å². The van der Waals surface area contributed by atoms with Gasteiger partial charge in [0.2, 0.25) is 0 Å². The highest BCUT2D eigenvalue weighted by atomic mass is 14.7.